The number of hydrogen-bond donors (Lipinski definition) is 2. The van der Waals surface area contributed by atoms with Gasteiger partial charge in [0.2, 0.25) is 0 Å². The van der Waals surface area contributed by atoms with Crippen molar-refractivity contribution in [3.8, 4) is 5.75 Å². The molecule has 2 amide bonds. The Morgan fingerprint density at radius 3 is 2.50 bits per heavy atom. The fourth-order valence-corrected chi connectivity index (χ4v) is 1.39. The highest BCUT2D eigenvalue weighted by atomic mass is 16.5. The number of ether oxygens (including phenoxy) is 2. The number of nitrogens with one attached hydrogen (secondary N) is 2. The van der Waals surface area contributed by atoms with Crippen molar-refractivity contribution >= 4 is 12.0 Å². The minimum Gasteiger partial charge on any atom is -0.494 e. The van der Waals surface area contributed by atoms with Gasteiger partial charge in [-0.2, -0.15) is 0 Å². The molecule has 0 heterocycles. The van der Waals surface area contributed by atoms with Crippen molar-refractivity contribution in [2.75, 3.05) is 26.8 Å². The van der Waals surface area contributed by atoms with Crippen molar-refractivity contribution in [3.05, 3.63) is 29.8 Å². The van der Waals surface area contributed by atoms with Gasteiger partial charge in [0.15, 0.2) is 0 Å². The summed E-state index contributed by atoms with van der Waals surface area (Å²) in [7, 11) is 1.27. The molecule has 0 fully saturated rings. The quantitative estimate of drug-likeness (QED) is 0.582. The first-order valence-corrected chi connectivity index (χ1v) is 6.40. The summed E-state index contributed by atoms with van der Waals surface area (Å²) in [6, 6.07) is 7.38. The molecule has 110 valence electrons. The molecule has 1 aromatic rings. The van der Waals surface area contributed by atoms with E-state index in [4.69, 9.17) is 4.74 Å². The number of rotatable bonds is 7. The van der Waals surface area contributed by atoms with Crippen molar-refractivity contribution in [1.82, 2.24) is 10.6 Å². The van der Waals surface area contributed by atoms with Crippen molar-refractivity contribution in [2.24, 2.45) is 0 Å². The van der Waals surface area contributed by atoms with Crippen LogP contribution in [0.3, 0.4) is 0 Å². The molecule has 6 nitrogen and oxygen atoms in total. The van der Waals surface area contributed by atoms with E-state index < -0.39 is 12.0 Å². The Labute approximate surface area is 118 Å². The Bertz CT molecular complexity index is 431. The maximum absolute atomic E-state index is 11.3. The Morgan fingerprint density at radius 1 is 1.15 bits per heavy atom. The van der Waals surface area contributed by atoms with E-state index in [0.717, 1.165) is 5.75 Å². The molecule has 1 rings (SSSR count). The maximum atomic E-state index is 11.3. The Hall–Kier alpha value is -2.24. The molecule has 0 aromatic heterocycles. The molecule has 0 bridgehead atoms. The summed E-state index contributed by atoms with van der Waals surface area (Å²) in [5, 5.41) is 5.00. The fourth-order valence-electron chi connectivity index (χ4n) is 1.39. The van der Waals surface area contributed by atoms with Gasteiger partial charge < -0.3 is 20.1 Å². The van der Waals surface area contributed by atoms with Crippen molar-refractivity contribution < 1.29 is 19.1 Å². The van der Waals surface area contributed by atoms with Gasteiger partial charge in [0.05, 0.1) is 13.7 Å². The summed E-state index contributed by atoms with van der Waals surface area (Å²) in [6.45, 7) is 2.86. The monoisotopic (exact) mass is 280 g/mol. The number of amides is 2. The van der Waals surface area contributed by atoms with Gasteiger partial charge in [0, 0.05) is 6.54 Å². The highest BCUT2D eigenvalue weighted by Gasteiger charge is 2.03. The van der Waals surface area contributed by atoms with Crippen LogP contribution in [0.5, 0.6) is 5.75 Å². The molecule has 0 atom stereocenters. The maximum Gasteiger partial charge on any atom is 0.325 e. The van der Waals surface area contributed by atoms with Crippen molar-refractivity contribution in [3.63, 3.8) is 0 Å². The third kappa shape index (κ3) is 6.63. The van der Waals surface area contributed by atoms with Crippen LogP contribution in [0.1, 0.15) is 12.0 Å². The van der Waals surface area contributed by atoms with Crippen LogP contribution in [-0.4, -0.2) is 38.8 Å². The summed E-state index contributed by atoms with van der Waals surface area (Å²) in [5.41, 5.74) is 1.18. The van der Waals surface area contributed by atoms with E-state index in [2.05, 4.69) is 15.4 Å². The van der Waals surface area contributed by atoms with E-state index in [9.17, 15) is 9.59 Å². The number of aryl methyl sites for hydroxylation is 1. The molecule has 0 aliphatic carbocycles. The molecular formula is C14H20N2O4. The highest BCUT2D eigenvalue weighted by Crippen LogP contribution is 2.11. The molecule has 0 aliphatic heterocycles. The van der Waals surface area contributed by atoms with Gasteiger partial charge in [-0.1, -0.05) is 17.7 Å². The van der Waals surface area contributed by atoms with Crippen LogP contribution in [0.2, 0.25) is 0 Å². The molecule has 0 radical (unpaired) electrons. The molecule has 20 heavy (non-hydrogen) atoms. The van der Waals surface area contributed by atoms with Gasteiger partial charge in [0.1, 0.15) is 12.3 Å². The zero-order chi connectivity index (χ0) is 14.8. The number of methoxy groups -OCH3 is 1. The summed E-state index contributed by atoms with van der Waals surface area (Å²) < 4.78 is 9.91. The van der Waals surface area contributed by atoms with E-state index in [-0.39, 0.29) is 6.54 Å². The number of carbonyl (C=O) groups is 2. The number of carbonyl (C=O) groups excluding carboxylic acids is 2. The second-order valence-electron chi connectivity index (χ2n) is 4.20. The zero-order valence-corrected chi connectivity index (χ0v) is 11.8. The Kier molecular flexibility index (Phi) is 6.95. The summed E-state index contributed by atoms with van der Waals surface area (Å²) >= 11 is 0. The predicted octanol–water partition coefficient (Wildman–Crippen LogP) is 1.24. The second kappa shape index (κ2) is 8.79. The fraction of sp³-hybridized carbons (Fsp3) is 0.429. The second-order valence-corrected chi connectivity index (χ2v) is 4.20. The van der Waals surface area contributed by atoms with Crippen LogP contribution < -0.4 is 15.4 Å². The van der Waals surface area contributed by atoms with E-state index in [1.54, 1.807) is 0 Å². The van der Waals surface area contributed by atoms with Gasteiger partial charge in [-0.25, -0.2) is 4.79 Å². The van der Waals surface area contributed by atoms with E-state index in [1.165, 1.54) is 12.7 Å². The largest absolute Gasteiger partial charge is 0.494 e. The minimum atomic E-state index is -0.483. The van der Waals surface area contributed by atoms with Crippen LogP contribution in [0, 0.1) is 6.92 Å². The number of urea groups is 1. The number of hydrogen-bond acceptors (Lipinski definition) is 4. The van der Waals surface area contributed by atoms with E-state index in [0.29, 0.717) is 19.6 Å². The molecule has 0 spiro atoms. The first-order valence-electron chi connectivity index (χ1n) is 6.40. The Balaban J connectivity index is 2.05. The van der Waals surface area contributed by atoms with Crippen LogP contribution in [0.15, 0.2) is 24.3 Å². The average molecular weight is 280 g/mol. The van der Waals surface area contributed by atoms with Crippen molar-refractivity contribution in [2.45, 2.75) is 13.3 Å². The molecule has 0 unspecified atom stereocenters. The van der Waals surface area contributed by atoms with E-state index in [1.807, 2.05) is 31.2 Å². The van der Waals surface area contributed by atoms with Gasteiger partial charge in [-0.15, -0.1) is 0 Å². The van der Waals surface area contributed by atoms with Crippen LogP contribution >= 0.6 is 0 Å². The molecule has 2 N–H and O–H groups in total. The molecule has 0 saturated heterocycles. The normalized spacial score (nSPS) is 9.70. The summed E-state index contributed by atoms with van der Waals surface area (Å²) in [5.74, 6) is 0.327. The topological polar surface area (TPSA) is 76.7 Å². The van der Waals surface area contributed by atoms with Crippen molar-refractivity contribution in [1.29, 1.82) is 0 Å². The lowest BCUT2D eigenvalue weighted by Crippen LogP contribution is -2.39. The lowest BCUT2D eigenvalue weighted by Gasteiger charge is -2.08. The SMILES string of the molecule is COC(=O)CNC(=O)NCCCOc1ccc(C)cc1. The number of esters is 1. The molecular weight excluding hydrogens is 260 g/mol. The van der Waals surface area contributed by atoms with Crippen LogP contribution in [0.25, 0.3) is 0 Å². The molecule has 6 heteroatoms. The third-order valence-corrected chi connectivity index (χ3v) is 2.52. The molecule has 0 saturated carbocycles. The van der Waals surface area contributed by atoms with Crippen LogP contribution in [-0.2, 0) is 9.53 Å². The predicted molar refractivity (Wildman–Crippen MR) is 74.7 cm³/mol. The van der Waals surface area contributed by atoms with Crippen LogP contribution in [0.4, 0.5) is 4.79 Å². The lowest BCUT2D eigenvalue weighted by molar-refractivity contribution is -0.139. The van der Waals surface area contributed by atoms with Gasteiger partial charge in [0.25, 0.3) is 0 Å². The molecule has 0 aliphatic rings. The first kappa shape index (κ1) is 15.8. The first-order chi connectivity index (χ1) is 9.61. The average Bonchev–Trinajstić information content (AvgIpc) is 2.46. The van der Waals surface area contributed by atoms with Gasteiger partial charge in [-0.3, -0.25) is 4.79 Å². The Morgan fingerprint density at radius 2 is 1.85 bits per heavy atom. The third-order valence-electron chi connectivity index (χ3n) is 2.52. The zero-order valence-electron chi connectivity index (χ0n) is 11.8. The molecule has 1 aromatic carbocycles. The summed E-state index contributed by atoms with van der Waals surface area (Å²) in [4.78, 5) is 22.1. The number of benzene rings is 1. The smallest absolute Gasteiger partial charge is 0.325 e. The summed E-state index contributed by atoms with van der Waals surface area (Å²) in [6.07, 6.45) is 0.680. The van der Waals surface area contributed by atoms with Gasteiger partial charge >= 0.3 is 12.0 Å². The lowest BCUT2D eigenvalue weighted by atomic mass is 10.2. The van der Waals surface area contributed by atoms with Gasteiger partial charge in [-0.05, 0) is 25.5 Å². The minimum absolute atomic E-state index is 0.137. The standard InChI is InChI=1S/C14H20N2O4/c1-11-4-6-12(7-5-11)20-9-3-8-15-14(18)16-10-13(17)19-2/h4-7H,3,8-10H2,1-2H3,(H2,15,16,18). The van der Waals surface area contributed by atoms with E-state index >= 15 is 0 Å². The highest BCUT2D eigenvalue weighted by molar-refractivity contribution is 5.80.